The lowest BCUT2D eigenvalue weighted by atomic mass is 10.1. The number of hydrogen-bond donors (Lipinski definition) is 1. The molecule has 1 aromatic heterocycles. The van der Waals surface area contributed by atoms with E-state index in [2.05, 4.69) is 15.2 Å². The molecule has 1 amide bonds. The van der Waals surface area contributed by atoms with Gasteiger partial charge in [0, 0.05) is 23.6 Å². The molecule has 0 bridgehead atoms. The number of carbonyl (C=O) groups excluding carboxylic acids is 1. The number of amides is 1. The normalized spacial score (nSPS) is 15.0. The highest BCUT2D eigenvalue weighted by Crippen LogP contribution is 2.21. The summed E-state index contributed by atoms with van der Waals surface area (Å²) < 4.78 is 5.89. The van der Waals surface area contributed by atoms with Crippen LogP contribution in [-0.4, -0.2) is 42.0 Å². The molecule has 28 heavy (non-hydrogen) atoms. The average Bonchev–Trinajstić information content (AvgIpc) is 3.14. The second-order valence-corrected chi connectivity index (χ2v) is 8.13. The summed E-state index contributed by atoms with van der Waals surface area (Å²) in [5, 5.41) is 6.01. The Balaban J connectivity index is 1.43. The van der Waals surface area contributed by atoms with E-state index in [4.69, 9.17) is 4.74 Å². The fourth-order valence-electron chi connectivity index (χ4n) is 3.30. The van der Waals surface area contributed by atoms with Gasteiger partial charge in [-0.1, -0.05) is 24.6 Å². The second-order valence-electron chi connectivity index (χ2n) is 7.06. The van der Waals surface area contributed by atoms with Crippen LogP contribution >= 0.6 is 11.3 Å². The van der Waals surface area contributed by atoms with Gasteiger partial charge in [-0.3, -0.25) is 4.79 Å². The van der Waals surface area contributed by atoms with Crippen molar-refractivity contribution in [1.82, 2.24) is 15.2 Å². The molecule has 0 radical (unpaired) electrons. The SMILES string of the molecule is Cc1nc(COc2ccccc2/C=C/C(=O)NCCCN2CCCCC2)cs1. The number of ether oxygens (including phenoxy) is 1. The molecule has 2 aromatic rings. The predicted octanol–water partition coefficient (Wildman–Crippen LogP) is 4.04. The third-order valence-corrected chi connectivity index (χ3v) is 5.60. The van der Waals surface area contributed by atoms with Gasteiger partial charge in [0.2, 0.25) is 5.91 Å². The Hall–Kier alpha value is -2.18. The number of nitrogens with zero attached hydrogens (tertiary/aromatic N) is 2. The van der Waals surface area contributed by atoms with Crippen LogP contribution in [0, 0.1) is 6.92 Å². The van der Waals surface area contributed by atoms with Crippen LogP contribution in [0.15, 0.2) is 35.7 Å². The van der Waals surface area contributed by atoms with E-state index >= 15 is 0 Å². The number of thiazole rings is 1. The van der Waals surface area contributed by atoms with E-state index in [1.165, 1.54) is 32.4 Å². The van der Waals surface area contributed by atoms with Crippen molar-refractivity contribution in [3.05, 3.63) is 52.0 Å². The van der Waals surface area contributed by atoms with Crippen LogP contribution in [0.25, 0.3) is 6.08 Å². The summed E-state index contributed by atoms with van der Waals surface area (Å²) in [6.45, 7) is 6.59. The largest absolute Gasteiger partial charge is 0.487 e. The van der Waals surface area contributed by atoms with E-state index in [-0.39, 0.29) is 5.91 Å². The first-order valence-electron chi connectivity index (χ1n) is 10.0. The Morgan fingerprint density at radius 3 is 2.89 bits per heavy atom. The highest BCUT2D eigenvalue weighted by atomic mass is 32.1. The van der Waals surface area contributed by atoms with E-state index < -0.39 is 0 Å². The van der Waals surface area contributed by atoms with E-state index in [1.807, 2.05) is 42.6 Å². The molecule has 6 heteroatoms. The van der Waals surface area contributed by atoms with Crippen molar-refractivity contribution in [2.45, 2.75) is 39.2 Å². The third kappa shape index (κ3) is 6.77. The average molecular weight is 400 g/mol. The molecule has 1 saturated heterocycles. The molecule has 0 atom stereocenters. The number of carbonyl (C=O) groups is 1. The molecule has 1 N–H and O–H groups in total. The van der Waals surface area contributed by atoms with Gasteiger partial charge in [0.05, 0.1) is 10.7 Å². The van der Waals surface area contributed by atoms with Crippen LogP contribution in [0.1, 0.15) is 41.9 Å². The number of aromatic nitrogens is 1. The molecule has 2 heterocycles. The van der Waals surface area contributed by atoms with Gasteiger partial charge in [-0.15, -0.1) is 11.3 Å². The zero-order valence-electron chi connectivity index (χ0n) is 16.5. The minimum absolute atomic E-state index is 0.0661. The summed E-state index contributed by atoms with van der Waals surface area (Å²) in [5.41, 5.74) is 1.81. The van der Waals surface area contributed by atoms with E-state index in [0.29, 0.717) is 13.2 Å². The molecule has 0 spiro atoms. The van der Waals surface area contributed by atoms with Crippen LogP contribution in [0.5, 0.6) is 5.75 Å². The Kier molecular flexibility index (Phi) is 8.06. The fourth-order valence-corrected chi connectivity index (χ4v) is 3.89. The summed E-state index contributed by atoms with van der Waals surface area (Å²) in [5.74, 6) is 0.686. The summed E-state index contributed by atoms with van der Waals surface area (Å²) in [6, 6.07) is 7.73. The number of aryl methyl sites for hydroxylation is 1. The summed E-state index contributed by atoms with van der Waals surface area (Å²) in [6.07, 6.45) is 8.34. The first kappa shape index (κ1) is 20.6. The maximum Gasteiger partial charge on any atom is 0.244 e. The Morgan fingerprint density at radius 1 is 1.29 bits per heavy atom. The molecule has 5 nitrogen and oxygen atoms in total. The number of likely N-dealkylation sites (tertiary alicyclic amines) is 1. The lowest BCUT2D eigenvalue weighted by Gasteiger charge is -2.26. The van der Waals surface area contributed by atoms with Crippen molar-refractivity contribution in [2.24, 2.45) is 0 Å². The Bertz CT molecular complexity index is 782. The van der Waals surface area contributed by atoms with Crippen LogP contribution in [0.4, 0.5) is 0 Å². The molecule has 3 rings (SSSR count). The van der Waals surface area contributed by atoms with E-state index in [9.17, 15) is 4.79 Å². The van der Waals surface area contributed by atoms with Crippen molar-refractivity contribution < 1.29 is 9.53 Å². The number of para-hydroxylation sites is 1. The van der Waals surface area contributed by atoms with E-state index in [1.54, 1.807) is 17.4 Å². The lowest BCUT2D eigenvalue weighted by Crippen LogP contribution is -2.33. The fraction of sp³-hybridized carbons (Fsp3) is 0.455. The number of piperidine rings is 1. The lowest BCUT2D eigenvalue weighted by molar-refractivity contribution is -0.116. The first-order valence-corrected chi connectivity index (χ1v) is 10.9. The van der Waals surface area contributed by atoms with Crippen molar-refractivity contribution in [1.29, 1.82) is 0 Å². The summed E-state index contributed by atoms with van der Waals surface area (Å²) in [4.78, 5) is 19.0. The minimum Gasteiger partial charge on any atom is -0.487 e. The summed E-state index contributed by atoms with van der Waals surface area (Å²) in [7, 11) is 0. The maximum absolute atomic E-state index is 12.1. The topological polar surface area (TPSA) is 54.5 Å². The van der Waals surface area contributed by atoms with E-state index in [0.717, 1.165) is 35.0 Å². The molecule has 1 aliphatic rings. The van der Waals surface area contributed by atoms with Crippen molar-refractivity contribution in [2.75, 3.05) is 26.2 Å². The van der Waals surface area contributed by atoms with Gasteiger partial charge in [-0.25, -0.2) is 4.98 Å². The van der Waals surface area contributed by atoms with Gasteiger partial charge in [0.15, 0.2) is 0 Å². The zero-order chi connectivity index (χ0) is 19.6. The number of nitrogens with one attached hydrogen (secondary N) is 1. The molecule has 1 aromatic carbocycles. The molecule has 150 valence electrons. The highest BCUT2D eigenvalue weighted by molar-refractivity contribution is 7.09. The standard InChI is InChI=1S/C22H29N3O2S/c1-18-24-20(17-28-18)16-27-21-9-4-3-8-19(21)10-11-22(26)23-12-7-15-25-13-5-2-6-14-25/h3-4,8-11,17H,2,5-7,12-16H2,1H3,(H,23,26)/b11-10+. The van der Waals surface area contributed by atoms with Gasteiger partial charge in [0.25, 0.3) is 0 Å². The van der Waals surface area contributed by atoms with Crippen LogP contribution in [0.2, 0.25) is 0 Å². The third-order valence-electron chi connectivity index (χ3n) is 4.77. The van der Waals surface area contributed by atoms with Crippen LogP contribution in [0.3, 0.4) is 0 Å². The van der Waals surface area contributed by atoms with Gasteiger partial charge < -0.3 is 15.0 Å². The number of rotatable bonds is 9. The zero-order valence-corrected chi connectivity index (χ0v) is 17.3. The van der Waals surface area contributed by atoms with Gasteiger partial charge in [-0.2, -0.15) is 0 Å². The van der Waals surface area contributed by atoms with Crippen LogP contribution in [-0.2, 0) is 11.4 Å². The van der Waals surface area contributed by atoms with Crippen molar-refractivity contribution >= 4 is 23.3 Å². The van der Waals surface area contributed by atoms with Crippen molar-refractivity contribution in [3.63, 3.8) is 0 Å². The highest BCUT2D eigenvalue weighted by Gasteiger charge is 2.09. The molecule has 1 aliphatic heterocycles. The second kappa shape index (κ2) is 11.0. The quantitative estimate of drug-likeness (QED) is 0.511. The number of hydrogen-bond acceptors (Lipinski definition) is 5. The molecule has 0 saturated carbocycles. The molecular weight excluding hydrogens is 370 g/mol. The van der Waals surface area contributed by atoms with Gasteiger partial charge in [0.1, 0.15) is 12.4 Å². The van der Waals surface area contributed by atoms with Gasteiger partial charge in [-0.05, 0) is 58.0 Å². The molecule has 0 aliphatic carbocycles. The Morgan fingerprint density at radius 2 is 2.11 bits per heavy atom. The monoisotopic (exact) mass is 399 g/mol. The van der Waals surface area contributed by atoms with Crippen LogP contribution < -0.4 is 10.1 Å². The summed E-state index contributed by atoms with van der Waals surface area (Å²) >= 11 is 1.62. The molecule has 1 fully saturated rings. The smallest absolute Gasteiger partial charge is 0.244 e. The minimum atomic E-state index is -0.0661. The predicted molar refractivity (Wildman–Crippen MR) is 115 cm³/mol. The molecular formula is C22H29N3O2S. The molecule has 0 unspecified atom stereocenters. The Labute approximate surface area is 171 Å². The first-order chi connectivity index (χ1) is 13.7. The van der Waals surface area contributed by atoms with Gasteiger partial charge >= 0.3 is 0 Å². The van der Waals surface area contributed by atoms with Crippen molar-refractivity contribution in [3.8, 4) is 5.75 Å². The number of benzene rings is 1. The maximum atomic E-state index is 12.1.